The van der Waals surface area contributed by atoms with Crippen LogP contribution in [0.1, 0.15) is 22.5 Å². The topological polar surface area (TPSA) is 106 Å². The number of carbonyl (C=O) groups is 2. The second-order valence-corrected chi connectivity index (χ2v) is 8.09. The average Bonchev–Trinajstić information content (AvgIpc) is 3.21. The first-order chi connectivity index (χ1) is 15.7. The Morgan fingerprint density at radius 3 is 2.48 bits per heavy atom. The first-order valence-electron chi connectivity index (χ1n) is 9.99. The first-order valence-corrected chi connectivity index (χ1v) is 10.4. The standard InChI is InChI=1S/C24H19N3O5S/c1-13-4-8-20(15(3)10-13)26-23(29)19(22(28)25-24(26)33)12-17-7-9-21(32-17)18-11-16(27(30)31)6-5-14(18)2/h4-12H,1-3H3,(H,25,28,33)/b19-12+. The summed E-state index contributed by atoms with van der Waals surface area (Å²) < 4.78 is 5.81. The number of nitro groups is 1. The molecule has 0 atom stereocenters. The van der Waals surface area contributed by atoms with Gasteiger partial charge in [-0.2, -0.15) is 0 Å². The van der Waals surface area contributed by atoms with E-state index < -0.39 is 16.7 Å². The van der Waals surface area contributed by atoms with Crippen LogP contribution in [-0.4, -0.2) is 21.9 Å². The number of hydrogen-bond acceptors (Lipinski definition) is 6. The quantitative estimate of drug-likeness (QED) is 0.200. The summed E-state index contributed by atoms with van der Waals surface area (Å²) in [5.74, 6) is -0.563. The molecule has 0 aliphatic carbocycles. The minimum atomic E-state index is -0.629. The molecule has 0 bridgehead atoms. The highest BCUT2D eigenvalue weighted by Crippen LogP contribution is 2.31. The average molecular weight is 461 g/mol. The van der Waals surface area contributed by atoms with E-state index in [0.717, 1.165) is 16.7 Å². The largest absolute Gasteiger partial charge is 0.457 e. The molecular weight excluding hydrogens is 442 g/mol. The molecule has 1 N–H and O–H groups in total. The maximum atomic E-state index is 13.2. The van der Waals surface area contributed by atoms with Gasteiger partial charge in [0.25, 0.3) is 17.5 Å². The van der Waals surface area contributed by atoms with Crippen molar-refractivity contribution in [3.63, 3.8) is 0 Å². The molecular formula is C24H19N3O5S. The van der Waals surface area contributed by atoms with Gasteiger partial charge in [0, 0.05) is 17.7 Å². The third kappa shape index (κ3) is 4.18. The van der Waals surface area contributed by atoms with Crippen LogP contribution in [0.15, 0.2) is 58.5 Å². The van der Waals surface area contributed by atoms with Gasteiger partial charge < -0.3 is 4.42 Å². The van der Waals surface area contributed by atoms with E-state index in [1.165, 1.54) is 23.1 Å². The fourth-order valence-electron chi connectivity index (χ4n) is 3.64. The van der Waals surface area contributed by atoms with Crippen LogP contribution in [0.5, 0.6) is 0 Å². The summed E-state index contributed by atoms with van der Waals surface area (Å²) in [7, 11) is 0. The van der Waals surface area contributed by atoms with Gasteiger partial charge in [-0.1, -0.05) is 23.8 Å². The van der Waals surface area contributed by atoms with Gasteiger partial charge >= 0.3 is 0 Å². The Balaban J connectivity index is 1.71. The van der Waals surface area contributed by atoms with Crippen molar-refractivity contribution in [3.05, 3.63) is 86.7 Å². The predicted molar refractivity (Wildman–Crippen MR) is 128 cm³/mol. The fraction of sp³-hybridized carbons (Fsp3) is 0.125. The molecule has 3 aromatic rings. The van der Waals surface area contributed by atoms with Crippen molar-refractivity contribution in [2.75, 3.05) is 4.90 Å². The monoisotopic (exact) mass is 461 g/mol. The van der Waals surface area contributed by atoms with Crippen LogP contribution >= 0.6 is 12.2 Å². The molecule has 0 unspecified atom stereocenters. The predicted octanol–water partition coefficient (Wildman–Crippen LogP) is 4.61. The molecule has 1 fully saturated rings. The summed E-state index contributed by atoms with van der Waals surface area (Å²) in [6.07, 6.45) is 1.34. The second kappa shape index (κ2) is 8.44. The van der Waals surface area contributed by atoms with Crippen molar-refractivity contribution in [2.45, 2.75) is 20.8 Å². The number of non-ortho nitro benzene ring substituents is 1. The Morgan fingerprint density at radius 2 is 1.79 bits per heavy atom. The van der Waals surface area contributed by atoms with Gasteiger partial charge in [0.1, 0.15) is 17.1 Å². The van der Waals surface area contributed by atoms with Gasteiger partial charge in [0.05, 0.1) is 10.6 Å². The Morgan fingerprint density at radius 1 is 1.03 bits per heavy atom. The van der Waals surface area contributed by atoms with Gasteiger partial charge in [0.2, 0.25) is 0 Å². The van der Waals surface area contributed by atoms with Crippen molar-refractivity contribution in [3.8, 4) is 11.3 Å². The SMILES string of the molecule is Cc1ccc(N2C(=O)/C(=C/c3ccc(-c4cc([N+](=O)[O-])ccc4C)o3)C(=O)NC2=S)c(C)c1. The van der Waals surface area contributed by atoms with Gasteiger partial charge in [0.15, 0.2) is 5.11 Å². The number of nitrogens with one attached hydrogen (secondary N) is 1. The molecule has 9 heteroatoms. The summed E-state index contributed by atoms with van der Waals surface area (Å²) >= 11 is 5.26. The summed E-state index contributed by atoms with van der Waals surface area (Å²) in [5, 5.41) is 13.7. The maximum Gasteiger partial charge on any atom is 0.270 e. The van der Waals surface area contributed by atoms with E-state index in [-0.39, 0.29) is 22.1 Å². The zero-order valence-electron chi connectivity index (χ0n) is 18.0. The van der Waals surface area contributed by atoms with Crippen LogP contribution in [-0.2, 0) is 9.59 Å². The van der Waals surface area contributed by atoms with E-state index >= 15 is 0 Å². The third-order valence-corrected chi connectivity index (χ3v) is 5.59. The first kappa shape index (κ1) is 22.1. The lowest BCUT2D eigenvalue weighted by molar-refractivity contribution is -0.384. The van der Waals surface area contributed by atoms with Crippen LogP contribution in [0.2, 0.25) is 0 Å². The van der Waals surface area contributed by atoms with Crippen LogP contribution in [0.25, 0.3) is 17.4 Å². The molecule has 0 saturated carbocycles. The molecule has 2 amide bonds. The van der Waals surface area contributed by atoms with Crippen molar-refractivity contribution < 1.29 is 18.9 Å². The van der Waals surface area contributed by atoms with Crippen molar-refractivity contribution in [1.29, 1.82) is 0 Å². The number of anilines is 1. The molecule has 8 nitrogen and oxygen atoms in total. The van der Waals surface area contributed by atoms with Crippen molar-refractivity contribution >= 4 is 46.6 Å². The number of hydrogen-bond donors (Lipinski definition) is 1. The van der Waals surface area contributed by atoms with E-state index in [0.29, 0.717) is 17.0 Å². The van der Waals surface area contributed by atoms with Gasteiger partial charge in [-0.3, -0.25) is 29.9 Å². The van der Waals surface area contributed by atoms with E-state index in [9.17, 15) is 19.7 Å². The fourth-order valence-corrected chi connectivity index (χ4v) is 3.91. The third-order valence-electron chi connectivity index (χ3n) is 5.31. The second-order valence-electron chi connectivity index (χ2n) is 7.71. The molecule has 1 aliphatic rings. The number of carbonyl (C=O) groups excluding carboxylic acids is 2. The smallest absolute Gasteiger partial charge is 0.270 e. The molecule has 1 saturated heterocycles. The van der Waals surface area contributed by atoms with E-state index in [2.05, 4.69) is 5.32 Å². The van der Waals surface area contributed by atoms with Crippen LogP contribution in [0, 0.1) is 30.9 Å². The number of nitro benzene ring substituents is 1. The normalized spacial score (nSPS) is 15.2. The van der Waals surface area contributed by atoms with E-state index in [1.807, 2.05) is 26.0 Å². The van der Waals surface area contributed by atoms with Crippen LogP contribution in [0.3, 0.4) is 0 Å². The molecule has 166 valence electrons. The van der Waals surface area contributed by atoms with Crippen LogP contribution in [0.4, 0.5) is 11.4 Å². The number of rotatable bonds is 4. The Labute approximate surface area is 194 Å². The molecule has 0 radical (unpaired) electrons. The summed E-state index contributed by atoms with van der Waals surface area (Å²) in [6, 6.07) is 13.3. The molecule has 4 rings (SSSR count). The number of nitrogens with zero attached hydrogens (tertiary/aromatic N) is 2. The summed E-state index contributed by atoms with van der Waals surface area (Å²) in [6.45, 7) is 5.61. The Kier molecular flexibility index (Phi) is 5.65. The highest BCUT2D eigenvalue weighted by molar-refractivity contribution is 7.80. The van der Waals surface area contributed by atoms with E-state index in [1.54, 1.807) is 31.2 Å². The minimum absolute atomic E-state index is 0.00135. The summed E-state index contributed by atoms with van der Waals surface area (Å²) in [4.78, 5) is 37.7. The highest BCUT2D eigenvalue weighted by atomic mass is 32.1. The lowest BCUT2D eigenvalue weighted by Gasteiger charge is -2.30. The number of thiocarbonyl (C=S) groups is 1. The minimum Gasteiger partial charge on any atom is -0.457 e. The molecule has 33 heavy (non-hydrogen) atoms. The Bertz CT molecular complexity index is 1370. The number of furan rings is 1. The maximum absolute atomic E-state index is 13.2. The lowest BCUT2D eigenvalue weighted by atomic mass is 10.1. The van der Waals surface area contributed by atoms with Gasteiger partial charge in [-0.05, 0) is 68.4 Å². The number of amides is 2. The highest BCUT2D eigenvalue weighted by Gasteiger charge is 2.35. The molecule has 2 aromatic carbocycles. The van der Waals surface area contributed by atoms with Crippen molar-refractivity contribution in [1.82, 2.24) is 5.32 Å². The van der Waals surface area contributed by atoms with E-state index in [4.69, 9.17) is 16.6 Å². The Hall–Kier alpha value is -4.11. The summed E-state index contributed by atoms with van der Waals surface area (Å²) in [5.41, 5.74) is 3.58. The molecule has 0 spiro atoms. The number of benzene rings is 2. The van der Waals surface area contributed by atoms with Crippen molar-refractivity contribution in [2.24, 2.45) is 0 Å². The zero-order valence-corrected chi connectivity index (χ0v) is 18.9. The number of aryl methyl sites for hydroxylation is 3. The van der Waals surface area contributed by atoms with Gasteiger partial charge in [-0.25, -0.2) is 0 Å². The lowest BCUT2D eigenvalue weighted by Crippen LogP contribution is -2.54. The molecule has 1 aromatic heterocycles. The molecule has 1 aliphatic heterocycles. The molecule has 2 heterocycles. The van der Waals surface area contributed by atoms with Crippen LogP contribution < -0.4 is 10.2 Å². The van der Waals surface area contributed by atoms with Gasteiger partial charge in [-0.15, -0.1) is 0 Å². The zero-order chi connectivity index (χ0) is 23.9.